The molecule has 0 saturated heterocycles. The van der Waals surface area contributed by atoms with Crippen LogP contribution in [0, 0.1) is 5.92 Å². The van der Waals surface area contributed by atoms with Crippen LogP contribution in [0.5, 0.6) is 0 Å². The van der Waals surface area contributed by atoms with Gasteiger partial charge in [-0.15, -0.1) is 0 Å². The average Bonchev–Trinajstić information content (AvgIpc) is 2.96. The second-order valence-corrected chi connectivity index (χ2v) is 5.61. The van der Waals surface area contributed by atoms with E-state index in [0.717, 1.165) is 18.9 Å². The summed E-state index contributed by atoms with van der Waals surface area (Å²) < 4.78 is 2.01. The van der Waals surface area contributed by atoms with Gasteiger partial charge >= 0.3 is 0 Å². The van der Waals surface area contributed by atoms with Crippen LogP contribution in [0.1, 0.15) is 51.1 Å². The van der Waals surface area contributed by atoms with Crippen molar-refractivity contribution >= 4 is 0 Å². The SMILES string of the molecule is CCCn1cc(C(CN)NC2CCC(C)C2)cn1. The molecular weight excluding hydrogens is 224 g/mol. The topological polar surface area (TPSA) is 55.9 Å². The minimum Gasteiger partial charge on any atom is -0.329 e. The summed E-state index contributed by atoms with van der Waals surface area (Å²) in [6, 6.07) is 0.883. The molecule has 102 valence electrons. The maximum Gasteiger partial charge on any atom is 0.0538 e. The van der Waals surface area contributed by atoms with Crippen molar-refractivity contribution in [2.45, 2.75) is 58.2 Å². The average molecular weight is 250 g/mol. The first-order valence-corrected chi connectivity index (χ1v) is 7.21. The molecule has 1 aliphatic carbocycles. The molecule has 1 saturated carbocycles. The van der Waals surface area contributed by atoms with Gasteiger partial charge in [0.05, 0.1) is 6.20 Å². The van der Waals surface area contributed by atoms with E-state index < -0.39 is 0 Å². The third-order valence-electron chi connectivity index (χ3n) is 3.88. The van der Waals surface area contributed by atoms with Gasteiger partial charge in [0.2, 0.25) is 0 Å². The Labute approximate surface area is 110 Å². The lowest BCUT2D eigenvalue weighted by atomic mass is 10.1. The van der Waals surface area contributed by atoms with Gasteiger partial charge in [-0.1, -0.05) is 13.8 Å². The quantitative estimate of drug-likeness (QED) is 0.812. The summed E-state index contributed by atoms with van der Waals surface area (Å²) in [5, 5.41) is 8.07. The first-order chi connectivity index (χ1) is 8.72. The Morgan fingerprint density at radius 2 is 2.39 bits per heavy atom. The van der Waals surface area contributed by atoms with Crippen molar-refractivity contribution < 1.29 is 0 Å². The molecule has 1 fully saturated rings. The Hall–Kier alpha value is -0.870. The zero-order valence-electron chi connectivity index (χ0n) is 11.6. The zero-order chi connectivity index (χ0) is 13.0. The Balaban J connectivity index is 1.94. The maximum absolute atomic E-state index is 5.90. The Morgan fingerprint density at radius 3 is 3.00 bits per heavy atom. The Bertz CT molecular complexity index is 360. The van der Waals surface area contributed by atoms with Crippen molar-refractivity contribution in [3.63, 3.8) is 0 Å². The fourth-order valence-corrected chi connectivity index (χ4v) is 2.85. The van der Waals surface area contributed by atoms with Crippen molar-refractivity contribution in [1.29, 1.82) is 0 Å². The van der Waals surface area contributed by atoms with Gasteiger partial charge in [-0.05, 0) is 31.6 Å². The lowest BCUT2D eigenvalue weighted by Crippen LogP contribution is -2.35. The van der Waals surface area contributed by atoms with Gasteiger partial charge in [-0.2, -0.15) is 5.10 Å². The van der Waals surface area contributed by atoms with Crippen LogP contribution < -0.4 is 11.1 Å². The summed E-state index contributed by atoms with van der Waals surface area (Å²) in [5.41, 5.74) is 7.13. The van der Waals surface area contributed by atoms with E-state index in [-0.39, 0.29) is 6.04 Å². The molecule has 0 amide bonds. The monoisotopic (exact) mass is 250 g/mol. The summed E-state index contributed by atoms with van der Waals surface area (Å²) in [6.07, 6.45) is 9.09. The molecule has 2 rings (SSSR count). The van der Waals surface area contributed by atoms with Crippen LogP contribution in [0.25, 0.3) is 0 Å². The van der Waals surface area contributed by atoms with Crippen LogP contribution in [0.4, 0.5) is 0 Å². The van der Waals surface area contributed by atoms with Crippen LogP contribution in [0.2, 0.25) is 0 Å². The highest BCUT2D eigenvalue weighted by molar-refractivity contribution is 5.11. The Kier molecular flexibility index (Phi) is 4.78. The van der Waals surface area contributed by atoms with Gasteiger partial charge in [0, 0.05) is 36.9 Å². The first-order valence-electron chi connectivity index (χ1n) is 7.21. The van der Waals surface area contributed by atoms with E-state index in [2.05, 4.69) is 30.5 Å². The van der Waals surface area contributed by atoms with Gasteiger partial charge in [-0.3, -0.25) is 4.68 Å². The number of aryl methyl sites for hydroxylation is 1. The second-order valence-electron chi connectivity index (χ2n) is 5.61. The van der Waals surface area contributed by atoms with Gasteiger partial charge < -0.3 is 11.1 Å². The minimum absolute atomic E-state index is 0.255. The predicted molar refractivity (Wildman–Crippen MR) is 74.3 cm³/mol. The summed E-state index contributed by atoms with van der Waals surface area (Å²) in [4.78, 5) is 0. The van der Waals surface area contributed by atoms with Crippen molar-refractivity contribution in [3.05, 3.63) is 18.0 Å². The Morgan fingerprint density at radius 1 is 1.56 bits per heavy atom. The zero-order valence-corrected chi connectivity index (χ0v) is 11.6. The molecule has 3 N–H and O–H groups in total. The molecule has 0 aliphatic heterocycles. The minimum atomic E-state index is 0.255. The normalized spacial score (nSPS) is 25.5. The number of nitrogens with one attached hydrogen (secondary N) is 1. The highest BCUT2D eigenvalue weighted by atomic mass is 15.3. The van der Waals surface area contributed by atoms with Crippen LogP contribution in [-0.4, -0.2) is 22.4 Å². The second kappa shape index (κ2) is 6.34. The van der Waals surface area contributed by atoms with Crippen LogP contribution >= 0.6 is 0 Å². The number of hydrogen-bond donors (Lipinski definition) is 2. The molecular formula is C14H26N4. The van der Waals surface area contributed by atoms with Gasteiger partial charge in [0.15, 0.2) is 0 Å². The molecule has 0 aromatic carbocycles. The van der Waals surface area contributed by atoms with Crippen molar-refractivity contribution in [2.75, 3.05) is 6.54 Å². The molecule has 3 atom stereocenters. The van der Waals surface area contributed by atoms with E-state index in [1.165, 1.54) is 24.8 Å². The standard InChI is InChI=1S/C14H26N4/c1-3-6-18-10-12(9-16-18)14(8-15)17-13-5-4-11(2)7-13/h9-11,13-14,17H,3-8,15H2,1-2H3. The number of rotatable bonds is 6. The van der Waals surface area contributed by atoms with E-state index in [1.807, 2.05) is 10.9 Å². The van der Waals surface area contributed by atoms with E-state index >= 15 is 0 Å². The smallest absolute Gasteiger partial charge is 0.0538 e. The summed E-state index contributed by atoms with van der Waals surface area (Å²) >= 11 is 0. The summed E-state index contributed by atoms with van der Waals surface area (Å²) in [7, 11) is 0. The number of aromatic nitrogens is 2. The summed E-state index contributed by atoms with van der Waals surface area (Å²) in [5.74, 6) is 0.851. The predicted octanol–water partition coefficient (Wildman–Crippen LogP) is 2.07. The number of nitrogens with two attached hydrogens (primary N) is 1. The lowest BCUT2D eigenvalue weighted by Gasteiger charge is -2.20. The third-order valence-corrected chi connectivity index (χ3v) is 3.88. The third kappa shape index (κ3) is 3.33. The van der Waals surface area contributed by atoms with E-state index in [0.29, 0.717) is 12.6 Å². The number of nitrogens with zero attached hydrogens (tertiary/aromatic N) is 2. The first kappa shape index (κ1) is 13.6. The number of hydrogen-bond acceptors (Lipinski definition) is 3. The largest absolute Gasteiger partial charge is 0.329 e. The molecule has 1 aromatic rings. The molecule has 1 aromatic heterocycles. The summed E-state index contributed by atoms with van der Waals surface area (Å²) in [6.45, 7) is 6.12. The molecule has 0 spiro atoms. The molecule has 4 nitrogen and oxygen atoms in total. The van der Waals surface area contributed by atoms with E-state index in [4.69, 9.17) is 5.73 Å². The molecule has 1 heterocycles. The van der Waals surface area contributed by atoms with Gasteiger partial charge in [0.25, 0.3) is 0 Å². The van der Waals surface area contributed by atoms with E-state index in [1.54, 1.807) is 0 Å². The highest BCUT2D eigenvalue weighted by Crippen LogP contribution is 2.26. The van der Waals surface area contributed by atoms with Gasteiger partial charge in [-0.25, -0.2) is 0 Å². The van der Waals surface area contributed by atoms with Crippen molar-refractivity contribution in [2.24, 2.45) is 11.7 Å². The fourth-order valence-electron chi connectivity index (χ4n) is 2.85. The maximum atomic E-state index is 5.90. The molecule has 18 heavy (non-hydrogen) atoms. The van der Waals surface area contributed by atoms with Gasteiger partial charge in [0.1, 0.15) is 0 Å². The lowest BCUT2D eigenvalue weighted by molar-refractivity contribution is 0.434. The van der Waals surface area contributed by atoms with Crippen molar-refractivity contribution in [3.8, 4) is 0 Å². The van der Waals surface area contributed by atoms with E-state index in [9.17, 15) is 0 Å². The molecule has 0 radical (unpaired) electrons. The van der Waals surface area contributed by atoms with Crippen LogP contribution in [0.15, 0.2) is 12.4 Å². The molecule has 0 bridgehead atoms. The molecule has 3 unspecified atom stereocenters. The molecule has 1 aliphatic rings. The van der Waals surface area contributed by atoms with Crippen LogP contribution in [-0.2, 0) is 6.54 Å². The van der Waals surface area contributed by atoms with Crippen molar-refractivity contribution in [1.82, 2.24) is 15.1 Å². The fraction of sp³-hybridized carbons (Fsp3) is 0.786. The van der Waals surface area contributed by atoms with Crippen LogP contribution in [0.3, 0.4) is 0 Å². The highest BCUT2D eigenvalue weighted by Gasteiger charge is 2.24. The molecule has 4 heteroatoms.